The molecule has 35 nitrogen and oxygen atoms in total. The van der Waals surface area contributed by atoms with Crippen molar-refractivity contribution in [2.45, 2.75) is 235 Å². The molecule has 9 saturated heterocycles. The number of nitrogens with one attached hydrogen (secondary N) is 9. The zero-order valence-corrected chi connectivity index (χ0v) is 85.5. The topological polar surface area (TPSA) is 378 Å². The normalized spacial score (nSPS) is 19.9. The first kappa shape index (κ1) is 105. The van der Waals surface area contributed by atoms with Gasteiger partial charge in [0.05, 0.1) is 35.0 Å². The van der Waals surface area contributed by atoms with Crippen LogP contribution in [0.25, 0.3) is 0 Å². The Hall–Kier alpha value is -13.1. The number of urea groups is 6. The Morgan fingerprint density at radius 3 is 1.00 bits per heavy atom. The monoisotopic (exact) mass is 2050 g/mol. The van der Waals surface area contributed by atoms with Gasteiger partial charge >= 0.3 is 36.2 Å². The number of ether oxygens (including phenoxy) is 1. The maximum absolute atomic E-state index is 14.0. The lowest BCUT2D eigenvalue weighted by Crippen LogP contribution is -2.56. The Morgan fingerprint density at radius 1 is 0.327 bits per heavy atom. The zero-order valence-electron chi connectivity index (χ0n) is 84.0. The quantitative estimate of drug-likeness (QED) is 0.0254. The summed E-state index contributed by atoms with van der Waals surface area (Å²) in [7, 11) is 0. The summed E-state index contributed by atoms with van der Waals surface area (Å²) in [5.74, 6) is -0.144. The van der Waals surface area contributed by atoms with Crippen LogP contribution in [0.5, 0.6) is 11.5 Å². The van der Waals surface area contributed by atoms with Crippen molar-refractivity contribution < 1.29 is 67.1 Å². The minimum Gasteiger partial charge on any atom is -0.457 e. The van der Waals surface area contributed by atoms with E-state index in [1.165, 1.54) is 64.7 Å². The number of likely N-dealkylation sites (tertiary alicyclic amines) is 9. The molecule has 19 rings (SSSR count). The Bertz CT molecular complexity index is 5780. The number of nitrogens with zero attached hydrogens (tertiary/aromatic N) is 12. The summed E-state index contributed by atoms with van der Waals surface area (Å²) in [4.78, 5) is 197. The van der Waals surface area contributed by atoms with Gasteiger partial charge in [0.25, 0.3) is 0 Å². The van der Waals surface area contributed by atoms with Crippen LogP contribution in [0.2, 0.25) is 10.0 Å². The molecule has 7 aromatic carbocycles. The fourth-order valence-electron chi connectivity index (χ4n) is 22.8. The fourth-order valence-corrected chi connectivity index (χ4v) is 23.2. The lowest BCUT2D eigenvalue weighted by Gasteiger charge is -2.41. The van der Waals surface area contributed by atoms with Crippen molar-refractivity contribution in [1.29, 1.82) is 0 Å². The number of hydrogen-bond acceptors (Lipinski definition) is 17. The molecule has 147 heavy (non-hydrogen) atoms. The number of benzene rings is 7. The number of fused-ring (bicyclic) bond motifs is 3. The molecule has 0 unspecified atom stereocenters. The lowest BCUT2D eigenvalue weighted by atomic mass is 9.98. The van der Waals surface area contributed by atoms with Gasteiger partial charge in [0, 0.05) is 168 Å². The third kappa shape index (κ3) is 27.9. The first-order chi connectivity index (χ1) is 71.4. The molecule has 0 radical (unpaired) electrons. The van der Waals surface area contributed by atoms with Crippen LogP contribution in [0, 0.1) is 0 Å². The van der Waals surface area contributed by atoms with Crippen molar-refractivity contribution in [1.82, 2.24) is 74.7 Å². The number of Topliss-reactive ketones (excluding diaryl/α,β-unsaturated/α-hetero) is 1. The van der Waals surface area contributed by atoms with E-state index in [1.807, 2.05) is 123 Å². The Labute approximate surface area is 869 Å². The minimum atomic E-state index is -1.05. The molecule has 9 N–H and O–H groups in total. The van der Waals surface area contributed by atoms with E-state index in [0.717, 1.165) is 112 Å². The summed E-state index contributed by atoms with van der Waals surface area (Å²) in [5, 5.41) is 26.1. The van der Waals surface area contributed by atoms with Gasteiger partial charge in [-0.25, -0.2) is 28.8 Å². The smallest absolute Gasteiger partial charge is 0.322 e. The van der Waals surface area contributed by atoms with Crippen LogP contribution in [0.15, 0.2) is 170 Å². The van der Waals surface area contributed by atoms with Crippen LogP contribution in [-0.2, 0) is 48.4 Å². The summed E-state index contributed by atoms with van der Waals surface area (Å²) >= 11 is 12.4. The van der Waals surface area contributed by atoms with E-state index in [-0.39, 0.29) is 102 Å². The molecular formula is C110H139Cl2N21O14. The molecule has 9 fully saturated rings. The van der Waals surface area contributed by atoms with Gasteiger partial charge in [0.2, 0.25) is 35.4 Å². The molecule has 18 amide bonds. The van der Waals surface area contributed by atoms with Gasteiger partial charge in [-0.1, -0.05) is 133 Å². The highest BCUT2D eigenvalue weighted by Crippen LogP contribution is 2.37. The van der Waals surface area contributed by atoms with Crippen molar-refractivity contribution in [3.63, 3.8) is 0 Å². The molecule has 3 atom stereocenters. The van der Waals surface area contributed by atoms with Crippen LogP contribution < -0.4 is 52.6 Å². The lowest BCUT2D eigenvalue weighted by molar-refractivity contribution is -0.140. The minimum absolute atomic E-state index is 0.00242. The number of rotatable bonds is 24. The number of anilines is 6. The first-order valence-corrected chi connectivity index (χ1v) is 53.7. The number of para-hydroxylation sites is 4. The molecule has 0 aromatic heterocycles. The number of carbonyl (C=O) groups is 13. The van der Waals surface area contributed by atoms with Crippen molar-refractivity contribution in [3.8, 4) is 11.5 Å². The average Bonchev–Trinajstić information content (AvgIpc) is 0.801. The largest absolute Gasteiger partial charge is 0.457 e. The second kappa shape index (κ2) is 50.5. The van der Waals surface area contributed by atoms with E-state index in [1.54, 1.807) is 91.2 Å². The van der Waals surface area contributed by atoms with Crippen molar-refractivity contribution >= 4 is 135 Å². The van der Waals surface area contributed by atoms with Crippen molar-refractivity contribution in [2.75, 3.05) is 150 Å². The van der Waals surface area contributed by atoms with E-state index < -0.39 is 36.2 Å². The highest BCUT2D eigenvalue weighted by atomic mass is 35.5. The Balaban J connectivity index is 0.000000151. The molecule has 0 aliphatic carbocycles. The number of halogens is 2. The molecule has 7 aromatic rings. The number of ketones is 1. The predicted octanol–water partition coefficient (Wildman–Crippen LogP) is 15.5. The van der Waals surface area contributed by atoms with Crippen LogP contribution in [0.4, 0.5) is 62.9 Å². The highest BCUT2D eigenvalue weighted by Gasteiger charge is 2.43. The van der Waals surface area contributed by atoms with Gasteiger partial charge in [0.15, 0.2) is 5.78 Å². The number of carbonyl (C=O) groups excluding carboxylic acids is 13. The number of hydrogen-bond donors (Lipinski definition) is 9. The van der Waals surface area contributed by atoms with E-state index >= 15 is 0 Å². The summed E-state index contributed by atoms with van der Waals surface area (Å²) < 4.78 is 5.86. The summed E-state index contributed by atoms with van der Waals surface area (Å²) in [6.45, 7) is 16.0. The average molecular weight is 2050 g/mol. The van der Waals surface area contributed by atoms with Crippen molar-refractivity contribution in [3.05, 3.63) is 202 Å². The Kier molecular flexibility index (Phi) is 36.2. The first-order valence-electron chi connectivity index (χ1n) is 52.9. The highest BCUT2D eigenvalue weighted by molar-refractivity contribution is 6.44. The molecule has 12 aliphatic rings. The SMILES string of the molecule is CC(=O)c1cccc(NC(=O)N[C@@H](CC(=O)N2CCC(N3Cc4ccccc4NC3=O)CC2)C(=O)N2CCC(N3CCCCC3)CC2)c1.O=C(Nc1ccc(Oc2ccccc2)cc1)N[C@@H](CC(=O)N1CCC(N2Cc3ccccc3NC2=O)CC1)C(=O)N1CCC(N2CCCCC2)CC1.O=C(Nc1cccc(Cl)c1Cl)N[C@@H](CC(=O)N1CCC(N2Cc3ccccc3NC2=O)CC1)C(=O)N1CCC(N2CCCCC2)CC1. The second-order valence-electron chi connectivity index (χ2n) is 40.7. The fraction of sp³-hybridized carbons (Fsp3) is 0.500. The maximum Gasteiger partial charge on any atom is 0.322 e. The molecule has 12 aliphatic heterocycles. The standard InChI is InChI=1S/C40H49N7O5.C36H47N7O5.C34H43Cl2N7O4/c48-37(45-23-19-32(20-24-45)47-28-29-9-5-6-12-35(29)43-40(47)51)27-36(38(49)46-25-17-31(18-26-46)44-21-7-2-8-22-44)42-39(50)41-30-13-15-34(16-14-30)52-33-10-3-1-4-11-33;1-25(44)26-9-7-10-28(22-26)37-35(47)38-32(34(46)42-20-12-29(13-21-42)40-16-5-2-6-17-40)23-33(45)41-18-14-30(15-19-41)43-24-27-8-3-4-11-31(27)39-36(43)48;35-26-8-6-10-28(31(26)36)37-33(46)38-29(32(45)42-19-11-24(12-20-42)40-15-4-1-5-16-40)21-30(44)41-17-13-25(14-18-41)43-22-23-7-2-3-9-27(23)39-34(43)47/h1,3-6,9-16,31-32,36H,2,7-8,17-28H2,(H,43,51)(H2,41,42,50);3-4,7-11,22,29-30,32H,2,5-6,12-21,23-24H2,1H3,(H,39,48)(H2,37,38,47);2-3,6-10,24-25,29H,1,4-5,11-22H2,(H,39,47)(H2,37,38,46)/t36-;32-;29-/m000/s1. The van der Waals surface area contributed by atoms with Gasteiger partial charge in [0.1, 0.15) is 29.6 Å². The van der Waals surface area contributed by atoms with Crippen LogP contribution in [0.1, 0.15) is 188 Å². The zero-order chi connectivity index (χ0) is 102. The third-order valence-electron chi connectivity index (χ3n) is 31.2. The van der Waals surface area contributed by atoms with E-state index in [2.05, 4.69) is 62.6 Å². The van der Waals surface area contributed by atoms with E-state index in [9.17, 15) is 62.3 Å². The van der Waals surface area contributed by atoms with Crippen LogP contribution in [-0.4, -0.2) is 308 Å². The van der Waals surface area contributed by atoms with Crippen molar-refractivity contribution in [2.24, 2.45) is 0 Å². The molecule has 0 saturated carbocycles. The van der Waals surface area contributed by atoms with E-state index in [4.69, 9.17) is 27.9 Å². The Morgan fingerprint density at radius 2 is 0.639 bits per heavy atom. The van der Waals surface area contributed by atoms with Crippen LogP contribution in [0.3, 0.4) is 0 Å². The number of amides is 18. The summed E-state index contributed by atoms with van der Waals surface area (Å²) in [6, 6.07) is 47.4. The van der Waals surface area contributed by atoms with Gasteiger partial charge < -0.3 is 111 Å². The molecule has 782 valence electrons. The predicted molar refractivity (Wildman–Crippen MR) is 564 cm³/mol. The van der Waals surface area contributed by atoms with Gasteiger partial charge in [-0.05, 0) is 257 Å². The van der Waals surface area contributed by atoms with Crippen LogP contribution >= 0.6 is 23.2 Å². The molecule has 37 heteroatoms. The van der Waals surface area contributed by atoms with Gasteiger partial charge in [-0.2, -0.15) is 0 Å². The third-order valence-corrected chi connectivity index (χ3v) is 32.0. The van der Waals surface area contributed by atoms with Gasteiger partial charge in [-0.3, -0.25) is 33.6 Å². The molecule has 0 bridgehead atoms. The molecule has 0 spiro atoms. The summed E-state index contributed by atoms with van der Waals surface area (Å²) in [6.07, 6.45) is 19.8. The molecular weight excluding hydrogens is 1910 g/mol. The number of piperidine rings is 9. The molecule has 12 heterocycles. The summed E-state index contributed by atoms with van der Waals surface area (Å²) in [5.41, 5.74) is 7.43. The van der Waals surface area contributed by atoms with Gasteiger partial charge in [-0.15, -0.1) is 0 Å². The second-order valence-corrected chi connectivity index (χ2v) is 41.5. The van der Waals surface area contributed by atoms with E-state index in [0.29, 0.717) is 194 Å². The maximum atomic E-state index is 14.0.